The standard InChI is InChI=1S/C11H13N3S/c1-3-10-12-13-11(15-2)14(10)9-7-5-4-6-8-9/h4-8H,3H2,1-2H3. The highest BCUT2D eigenvalue weighted by molar-refractivity contribution is 7.98. The van der Waals surface area contributed by atoms with Crippen molar-refractivity contribution >= 4 is 11.8 Å². The molecule has 0 saturated heterocycles. The lowest BCUT2D eigenvalue weighted by Crippen LogP contribution is -2.00. The average molecular weight is 219 g/mol. The summed E-state index contributed by atoms with van der Waals surface area (Å²) < 4.78 is 2.10. The Morgan fingerprint density at radius 1 is 1.20 bits per heavy atom. The first kappa shape index (κ1) is 10.2. The van der Waals surface area contributed by atoms with Crippen molar-refractivity contribution in [1.82, 2.24) is 14.8 Å². The van der Waals surface area contributed by atoms with Crippen molar-refractivity contribution in [2.45, 2.75) is 18.5 Å². The number of nitrogens with zero attached hydrogens (tertiary/aromatic N) is 3. The van der Waals surface area contributed by atoms with Crippen LogP contribution in [-0.2, 0) is 6.42 Å². The number of aromatic nitrogens is 3. The van der Waals surface area contributed by atoms with Crippen molar-refractivity contribution in [2.75, 3.05) is 6.26 Å². The van der Waals surface area contributed by atoms with E-state index in [1.807, 2.05) is 24.5 Å². The van der Waals surface area contributed by atoms with E-state index in [4.69, 9.17) is 0 Å². The van der Waals surface area contributed by atoms with Gasteiger partial charge in [-0.05, 0) is 18.4 Å². The maximum absolute atomic E-state index is 4.17. The minimum absolute atomic E-state index is 0.891. The van der Waals surface area contributed by atoms with Gasteiger partial charge in [0.25, 0.3) is 0 Å². The van der Waals surface area contributed by atoms with Gasteiger partial charge in [0, 0.05) is 12.1 Å². The van der Waals surface area contributed by atoms with Crippen molar-refractivity contribution in [2.24, 2.45) is 0 Å². The van der Waals surface area contributed by atoms with Gasteiger partial charge in [-0.25, -0.2) is 0 Å². The van der Waals surface area contributed by atoms with E-state index in [-0.39, 0.29) is 0 Å². The van der Waals surface area contributed by atoms with Crippen molar-refractivity contribution < 1.29 is 0 Å². The average Bonchev–Trinajstić information content (AvgIpc) is 2.72. The molecule has 0 spiro atoms. The molecule has 0 saturated carbocycles. The van der Waals surface area contributed by atoms with E-state index in [0.29, 0.717) is 0 Å². The Labute approximate surface area is 93.5 Å². The van der Waals surface area contributed by atoms with Crippen LogP contribution in [0.25, 0.3) is 5.69 Å². The van der Waals surface area contributed by atoms with Crippen LogP contribution in [0.5, 0.6) is 0 Å². The third-order valence-corrected chi connectivity index (χ3v) is 2.84. The number of rotatable bonds is 3. The monoisotopic (exact) mass is 219 g/mol. The highest BCUT2D eigenvalue weighted by Gasteiger charge is 2.10. The zero-order valence-electron chi connectivity index (χ0n) is 8.84. The quantitative estimate of drug-likeness (QED) is 0.743. The molecule has 0 N–H and O–H groups in total. The van der Waals surface area contributed by atoms with E-state index >= 15 is 0 Å². The van der Waals surface area contributed by atoms with E-state index < -0.39 is 0 Å². The van der Waals surface area contributed by atoms with E-state index in [1.54, 1.807) is 11.8 Å². The second-order valence-corrected chi connectivity index (χ2v) is 3.90. The predicted molar refractivity (Wildman–Crippen MR) is 62.5 cm³/mol. The molecule has 0 unspecified atom stereocenters. The van der Waals surface area contributed by atoms with Gasteiger partial charge in [0.2, 0.25) is 0 Å². The molecule has 1 heterocycles. The second kappa shape index (κ2) is 4.49. The van der Waals surface area contributed by atoms with Crippen LogP contribution in [0.4, 0.5) is 0 Å². The number of benzene rings is 1. The van der Waals surface area contributed by atoms with Crippen LogP contribution < -0.4 is 0 Å². The first-order valence-electron chi connectivity index (χ1n) is 4.90. The minimum atomic E-state index is 0.891. The summed E-state index contributed by atoms with van der Waals surface area (Å²) in [5.41, 5.74) is 1.13. The number of para-hydroxylation sites is 1. The first-order valence-corrected chi connectivity index (χ1v) is 6.13. The Kier molecular flexibility index (Phi) is 3.06. The Bertz CT molecular complexity index is 415. The molecule has 2 aromatic rings. The van der Waals surface area contributed by atoms with E-state index in [0.717, 1.165) is 23.1 Å². The number of hydrogen-bond donors (Lipinski definition) is 0. The topological polar surface area (TPSA) is 30.7 Å². The van der Waals surface area contributed by atoms with Gasteiger partial charge in [0.1, 0.15) is 5.82 Å². The third kappa shape index (κ3) is 1.90. The summed E-state index contributed by atoms with van der Waals surface area (Å²) in [5, 5.41) is 9.27. The van der Waals surface area contributed by atoms with Gasteiger partial charge in [-0.15, -0.1) is 10.2 Å². The van der Waals surface area contributed by atoms with Crippen LogP contribution in [-0.4, -0.2) is 21.0 Å². The molecule has 3 nitrogen and oxygen atoms in total. The van der Waals surface area contributed by atoms with Crippen LogP contribution in [0.15, 0.2) is 35.5 Å². The molecule has 0 atom stereocenters. The zero-order chi connectivity index (χ0) is 10.7. The fourth-order valence-electron chi connectivity index (χ4n) is 1.50. The molecular formula is C11H13N3S. The fourth-order valence-corrected chi connectivity index (χ4v) is 2.01. The van der Waals surface area contributed by atoms with Gasteiger partial charge < -0.3 is 0 Å². The van der Waals surface area contributed by atoms with Gasteiger partial charge in [-0.3, -0.25) is 4.57 Å². The molecule has 0 aliphatic carbocycles. The Balaban J connectivity index is 2.55. The van der Waals surface area contributed by atoms with E-state index in [9.17, 15) is 0 Å². The van der Waals surface area contributed by atoms with Crippen LogP contribution >= 0.6 is 11.8 Å². The lowest BCUT2D eigenvalue weighted by molar-refractivity contribution is 0.838. The summed E-state index contributed by atoms with van der Waals surface area (Å²) >= 11 is 1.62. The predicted octanol–water partition coefficient (Wildman–Crippen LogP) is 2.55. The molecule has 0 bridgehead atoms. The lowest BCUT2D eigenvalue weighted by atomic mass is 10.3. The molecule has 78 valence electrons. The molecule has 0 amide bonds. The summed E-state index contributed by atoms with van der Waals surface area (Å²) in [6.45, 7) is 2.09. The van der Waals surface area contributed by atoms with Gasteiger partial charge in [-0.2, -0.15) is 0 Å². The summed E-state index contributed by atoms with van der Waals surface area (Å²) in [6, 6.07) is 10.2. The van der Waals surface area contributed by atoms with E-state index in [2.05, 4.69) is 33.8 Å². The molecule has 0 radical (unpaired) electrons. The third-order valence-electron chi connectivity index (χ3n) is 2.21. The number of hydrogen-bond acceptors (Lipinski definition) is 3. The highest BCUT2D eigenvalue weighted by Crippen LogP contribution is 2.19. The lowest BCUT2D eigenvalue weighted by Gasteiger charge is -2.07. The highest BCUT2D eigenvalue weighted by atomic mass is 32.2. The van der Waals surface area contributed by atoms with Crippen LogP contribution in [0.3, 0.4) is 0 Å². The second-order valence-electron chi connectivity index (χ2n) is 3.13. The minimum Gasteiger partial charge on any atom is -0.274 e. The molecule has 1 aromatic heterocycles. The van der Waals surface area contributed by atoms with Crippen LogP contribution in [0.1, 0.15) is 12.7 Å². The van der Waals surface area contributed by atoms with Gasteiger partial charge >= 0.3 is 0 Å². The molecule has 15 heavy (non-hydrogen) atoms. The van der Waals surface area contributed by atoms with Crippen LogP contribution in [0.2, 0.25) is 0 Å². The summed E-state index contributed by atoms with van der Waals surface area (Å²) in [7, 11) is 0. The SMILES string of the molecule is CCc1nnc(SC)n1-c1ccccc1. The summed E-state index contributed by atoms with van der Waals surface area (Å²) in [6.07, 6.45) is 2.91. The number of thioether (sulfide) groups is 1. The van der Waals surface area contributed by atoms with Gasteiger partial charge in [0.05, 0.1) is 0 Å². The molecule has 0 aliphatic heterocycles. The van der Waals surface area contributed by atoms with E-state index in [1.165, 1.54) is 0 Å². The number of aryl methyl sites for hydroxylation is 1. The van der Waals surface area contributed by atoms with Crippen molar-refractivity contribution in [1.29, 1.82) is 0 Å². The Morgan fingerprint density at radius 3 is 2.53 bits per heavy atom. The van der Waals surface area contributed by atoms with Gasteiger partial charge in [0.15, 0.2) is 5.16 Å². The molecule has 0 aliphatic rings. The zero-order valence-corrected chi connectivity index (χ0v) is 9.66. The Morgan fingerprint density at radius 2 is 1.93 bits per heavy atom. The van der Waals surface area contributed by atoms with Crippen molar-refractivity contribution in [3.05, 3.63) is 36.2 Å². The first-order chi connectivity index (χ1) is 7.36. The van der Waals surface area contributed by atoms with Gasteiger partial charge in [-0.1, -0.05) is 36.9 Å². The molecular weight excluding hydrogens is 206 g/mol. The smallest absolute Gasteiger partial charge is 0.195 e. The fraction of sp³-hybridized carbons (Fsp3) is 0.273. The van der Waals surface area contributed by atoms with Crippen molar-refractivity contribution in [3.8, 4) is 5.69 Å². The van der Waals surface area contributed by atoms with Crippen LogP contribution in [0, 0.1) is 0 Å². The van der Waals surface area contributed by atoms with Crippen molar-refractivity contribution in [3.63, 3.8) is 0 Å². The maximum atomic E-state index is 4.17. The largest absolute Gasteiger partial charge is 0.274 e. The molecule has 1 aromatic carbocycles. The summed E-state index contributed by atoms with van der Waals surface area (Å²) in [5.74, 6) is 1.01. The maximum Gasteiger partial charge on any atom is 0.195 e. The Hall–Kier alpha value is -1.29. The molecule has 4 heteroatoms. The molecule has 2 rings (SSSR count). The normalized spacial score (nSPS) is 10.5. The molecule has 0 fully saturated rings. The summed E-state index contributed by atoms with van der Waals surface area (Å²) in [4.78, 5) is 0.